The Morgan fingerprint density at radius 2 is 2.43 bits per heavy atom. The monoisotopic (exact) mass is 200 g/mol. The number of rotatable bonds is 3. The number of nitrogens with one attached hydrogen (secondary N) is 1. The summed E-state index contributed by atoms with van der Waals surface area (Å²) < 4.78 is 5.11. The van der Waals surface area contributed by atoms with Crippen molar-refractivity contribution in [1.29, 1.82) is 0 Å². The fourth-order valence-corrected chi connectivity index (χ4v) is 1.88. The van der Waals surface area contributed by atoms with Gasteiger partial charge in [0.05, 0.1) is 6.61 Å². The first kappa shape index (κ1) is 11.3. The van der Waals surface area contributed by atoms with E-state index in [9.17, 15) is 4.79 Å². The number of carbonyl (C=O) groups excluding carboxylic acids is 1. The van der Waals surface area contributed by atoms with Gasteiger partial charge in [0.1, 0.15) is 0 Å². The zero-order chi connectivity index (χ0) is 10.4. The zero-order valence-corrected chi connectivity index (χ0v) is 9.08. The summed E-state index contributed by atoms with van der Waals surface area (Å²) in [5.74, 6) is 0.511. The van der Waals surface area contributed by atoms with Crippen molar-refractivity contribution in [2.45, 2.75) is 19.8 Å². The maximum atomic E-state index is 11.5. The topological polar surface area (TPSA) is 41.6 Å². The molecular formula is C10H20N2O2. The third-order valence-electron chi connectivity index (χ3n) is 2.54. The maximum Gasteiger partial charge on any atom is 0.317 e. The van der Waals surface area contributed by atoms with Gasteiger partial charge >= 0.3 is 6.03 Å². The molecule has 14 heavy (non-hydrogen) atoms. The molecule has 4 nitrogen and oxygen atoms in total. The van der Waals surface area contributed by atoms with E-state index in [1.54, 1.807) is 7.11 Å². The highest BCUT2D eigenvalue weighted by molar-refractivity contribution is 5.74. The van der Waals surface area contributed by atoms with Crippen LogP contribution in [0.5, 0.6) is 0 Å². The lowest BCUT2D eigenvalue weighted by Gasteiger charge is -2.32. The largest absolute Gasteiger partial charge is 0.384 e. The average Bonchev–Trinajstić information content (AvgIpc) is 2.19. The highest BCUT2D eigenvalue weighted by Gasteiger charge is 2.22. The van der Waals surface area contributed by atoms with Crippen LogP contribution < -0.4 is 5.32 Å². The van der Waals surface area contributed by atoms with E-state index >= 15 is 0 Å². The molecule has 0 aromatic heterocycles. The lowest BCUT2D eigenvalue weighted by molar-refractivity contribution is 0.101. The fraction of sp³-hybridized carbons (Fsp3) is 0.900. The molecule has 0 aliphatic carbocycles. The molecule has 1 heterocycles. The van der Waals surface area contributed by atoms with Gasteiger partial charge in [-0.3, -0.25) is 0 Å². The van der Waals surface area contributed by atoms with E-state index in [1.807, 2.05) is 11.8 Å². The lowest BCUT2D eigenvalue weighted by atomic mass is 9.99. The molecule has 0 aromatic carbocycles. The van der Waals surface area contributed by atoms with Crippen LogP contribution in [0.3, 0.4) is 0 Å². The number of amides is 2. The van der Waals surface area contributed by atoms with E-state index < -0.39 is 0 Å². The Morgan fingerprint density at radius 1 is 1.64 bits per heavy atom. The summed E-state index contributed by atoms with van der Waals surface area (Å²) in [6.07, 6.45) is 2.26. The van der Waals surface area contributed by atoms with Crippen LogP contribution in [0, 0.1) is 5.92 Å². The summed E-state index contributed by atoms with van der Waals surface area (Å²) >= 11 is 0. The predicted molar refractivity (Wildman–Crippen MR) is 55.2 cm³/mol. The van der Waals surface area contributed by atoms with Crippen LogP contribution in [0.25, 0.3) is 0 Å². The molecule has 1 rings (SSSR count). The highest BCUT2D eigenvalue weighted by Crippen LogP contribution is 2.16. The van der Waals surface area contributed by atoms with Gasteiger partial charge in [0.2, 0.25) is 0 Å². The van der Waals surface area contributed by atoms with Crippen molar-refractivity contribution in [3.63, 3.8) is 0 Å². The van der Waals surface area contributed by atoms with Crippen LogP contribution in [0.15, 0.2) is 0 Å². The van der Waals surface area contributed by atoms with Gasteiger partial charge in [-0.2, -0.15) is 0 Å². The Morgan fingerprint density at radius 3 is 3.07 bits per heavy atom. The minimum absolute atomic E-state index is 0.0632. The van der Waals surface area contributed by atoms with Crippen LogP contribution in [-0.2, 0) is 4.74 Å². The van der Waals surface area contributed by atoms with Crippen LogP contribution in [0.1, 0.15) is 19.8 Å². The van der Waals surface area contributed by atoms with Crippen LogP contribution in [0.2, 0.25) is 0 Å². The first-order valence-corrected chi connectivity index (χ1v) is 5.29. The number of methoxy groups -OCH3 is 1. The Labute approximate surface area is 85.6 Å². The van der Waals surface area contributed by atoms with Crippen LogP contribution in [0.4, 0.5) is 4.79 Å². The summed E-state index contributed by atoms with van der Waals surface area (Å²) in [6.45, 7) is 5.11. The summed E-state index contributed by atoms with van der Waals surface area (Å²) in [5.41, 5.74) is 0. The normalized spacial score (nSPS) is 22.1. The third kappa shape index (κ3) is 3.18. The minimum Gasteiger partial charge on any atom is -0.384 e. The summed E-state index contributed by atoms with van der Waals surface area (Å²) in [4.78, 5) is 13.4. The standard InChI is InChI=1S/C10H20N2O2/c1-3-11-10(13)12-6-4-5-9(7-12)8-14-2/h9H,3-8H2,1-2H3,(H,11,13). The van der Waals surface area contributed by atoms with Crippen LogP contribution in [-0.4, -0.2) is 44.3 Å². The molecule has 1 atom stereocenters. The highest BCUT2D eigenvalue weighted by atomic mass is 16.5. The smallest absolute Gasteiger partial charge is 0.317 e. The molecule has 1 N–H and O–H groups in total. The number of carbonyl (C=O) groups is 1. The van der Waals surface area contributed by atoms with Gasteiger partial charge in [0, 0.05) is 32.7 Å². The van der Waals surface area contributed by atoms with E-state index in [1.165, 1.54) is 6.42 Å². The molecule has 2 amide bonds. The summed E-state index contributed by atoms with van der Waals surface area (Å²) in [7, 11) is 1.71. The van der Waals surface area contributed by atoms with Crippen LogP contribution >= 0.6 is 0 Å². The maximum absolute atomic E-state index is 11.5. The number of hydrogen-bond donors (Lipinski definition) is 1. The number of hydrogen-bond acceptors (Lipinski definition) is 2. The number of ether oxygens (including phenoxy) is 1. The molecule has 0 radical (unpaired) electrons. The van der Waals surface area contributed by atoms with Crippen molar-refractivity contribution in [1.82, 2.24) is 10.2 Å². The van der Waals surface area contributed by atoms with Crippen molar-refractivity contribution in [3.05, 3.63) is 0 Å². The molecule has 1 aliphatic rings. The van der Waals surface area contributed by atoms with Gasteiger partial charge < -0.3 is 15.0 Å². The van der Waals surface area contributed by atoms with Gasteiger partial charge in [-0.05, 0) is 19.8 Å². The molecule has 0 spiro atoms. The summed E-state index contributed by atoms with van der Waals surface area (Å²) in [6, 6.07) is 0.0632. The molecule has 0 saturated carbocycles. The van der Waals surface area contributed by atoms with Crippen molar-refractivity contribution in [2.24, 2.45) is 5.92 Å². The summed E-state index contributed by atoms with van der Waals surface area (Å²) in [5, 5.41) is 2.82. The number of piperidine rings is 1. The Hall–Kier alpha value is -0.770. The van der Waals surface area contributed by atoms with E-state index in [0.717, 1.165) is 26.1 Å². The second-order valence-electron chi connectivity index (χ2n) is 3.75. The quantitative estimate of drug-likeness (QED) is 0.740. The fourth-order valence-electron chi connectivity index (χ4n) is 1.88. The molecule has 0 bridgehead atoms. The Kier molecular flexibility index (Phi) is 4.73. The van der Waals surface area contributed by atoms with Crippen molar-refractivity contribution < 1.29 is 9.53 Å². The van der Waals surface area contributed by atoms with Gasteiger partial charge in [-0.1, -0.05) is 0 Å². The zero-order valence-electron chi connectivity index (χ0n) is 9.08. The van der Waals surface area contributed by atoms with E-state index in [0.29, 0.717) is 12.5 Å². The Bertz CT molecular complexity index is 183. The van der Waals surface area contributed by atoms with Gasteiger partial charge in [0.25, 0.3) is 0 Å². The van der Waals surface area contributed by atoms with E-state index in [4.69, 9.17) is 4.74 Å². The SMILES string of the molecule is CCNC(=O)N1CCCC(COC)C1. The Balaban J connectivity index is 2.35. The van der Waals surface area contributed by atoms with Gasteiger partial charge in [-0.15, -0.1) is 0 Å². The van der Waals surface area contributed by atoms with Gasteiger partial charge in [0.15, 0.2) is 0 Å². The number of urea groups is 1. The first-order chi connectivity index (χ1) is 6.77. The molecular weight excluding hydrogens is 180 g/mol. The van der Waals surface area contributed by atoms with Gasteiger partial charge in [-0.25, -0.2) is 4.79 Å². The second-order valence-corrected chi connectivity index (χ2v) is 3.75. The van der Waals surface area contributed by atoms with Crippen molar-refractivity contribution in [3.8, 4) is 0 Å². The molecule has 1 unspecified atom stereocenters. The molecule has 1 fully saturated rings. The van der Waals surface area contributed by atoms with Crippen molar-refractivity contribution in [2.75, 3.05) is 33.4 Å². The first-order valence-electron chi connectivity index (χ1n) is 5.29. The molecule has 4 heteroatoms. The van der Waals surface area contributed by atoms with E-state index in [-0.39, 0.29) is 6.03 Å². The van der Waals surface area contributed by atoms with E-state index in [2.05, 4.69) is 5.32 Å². The number of likely N-dealkylation sites (tertiary alicyclic amines) is 1. The molecule has 1 saturated heterocycles. The lowest BCUT2D eigenvalue weighted by Crippen LogP contribution is -2.46. The predicted octanol–water partition coefficient (Wildman–Crippen LogP) is 1.07. The minimum atomic E-state index is 0.0632. The average molecular weight is 200 g/mol. The third-order valence-corrected chi connectivity index (χ3v) is 2.54. The number of nitrogens with zero attached hydrogens (tertiary/aromatic N) is 1. The second kappa shape index (κ2) is 5.86. The molecule has 1 aliphatic heterocycles. The molecule has 82 valence electrons. The molecule has 0 aromatic rings. The van der Waals surface area contributed by atoms with Crippen molar-refractivity contribution >= 4 is 6.03 Å².